The summed E-state index contributed by atoms with van der Waals surface area (Å²) < 4.78 is 5.89. The number of carboxylic acid groups (broad SMARTS) is 1. The van der Waals surface area contributed by atoms with Crippen molar-refractivity contribution in [1.29, 1.82) is 0 Å². The smallest absolute Gasteiger partial charge is 0.407 e. The monoisotopic (exact) mass is 383 g/mol. The van der Waals surface area contributed by atoms with Crippen LogP contribution in [-0.4, -0.2) is 17.2 Å². The molecule has 0 spiro atoms. The fourth-order valence-corrected chi connectivity index (χ4v) is 3.49. The molecule has 7 heteroatoms. The number of carbonyl (C=O) groups is 2. The van der Waals surface area contributed by atoms with Gasteiger partial charge in [-0.05, 0) is 32.4 Å². The Morgan fingerprint density at radius 1 is 1.27 bits per heavy atom. The molecule has 1 atom stereocenters. The van der Waals surface area contributed by atoms with E-state index in [1.807, 2.05) is 35.7 Å². The van der Waals surface area contributed by atoms with Gasteiger partial charge in [0.15, 0.2) is 0 Å². The summed E-state index contributed by atoms with van der Waals surface area (Å²) in [5.41, 5.74) is 1.59. The van der Waals surface area contributed by atoms with Crippen LogP contribution in [0.1, 0.15) is 23.6 Å². The Kier molecular flexibility index (Phi) is 5.97. The van der Waals surface area contributed by atoms with Crippen LogP contribution >= 0.6 is 27.3 Å². The lowest BCUT2D eigenvalue weighted by atomic mass is 10.1. The fraction of sp³-hybridized carbons (Fsp3) is 0.200. The molecule has 1 aromatic carbocycles. The SMILES string of the molecule is O=C(O)C[C@H](NC(=O)OCc1ccccc1)c1cscc1Br. The van der Waals surface area contributed by atoms with Crippen molar-refractivity contribution in [2.75, 3.05) is 0 Å². The number of rotatable bonds is 6. The Balaban J connectivity index is 1.96. The van der Waals surface area contributed by atoms with Gasteiger partial charge in [0.05, 0.1) is 12.5 Å². The van der Waals surface area contributed by atoms with Crippen LogP contribution in [0.2, 0.25) is 0 Å². The number of aliphatic carboxylic acids is 1. The fourth-order valence-electron chi connectivity index (χ4n) is 1.86. The first-order valence-corrected chi connectivity index (χ1v) is 8.20. The molecular weight excluding hydrogens is 370 g/mol. The van der Waals surface area contributed by atoms with Crippen molar-refractivity contribution < 1.29 is 19.4 Å². The summed E-state index contributed by atoms with van der Waals surface area (Å²) in [6.07, 6.45) is -0.858. The molecule has 0 radical (unpaired) electrons. The normalized spacial score (nSPS) is 11.7. The second-order valence-corrected chi connectivity index (χ2v) is 6.13. The van der Waals surface area contributed by atoms with Gasteiger partial charge < -0.3 is 15.2 Å². The number of hydrogen-bond acceptors (Lipinski definition) is 4. The summed E-state index contributed by atoms with van der Waals surface area (Å²) in [6.45, 7) is 0.136. The highest BCUT2D eigenvalue weighted by atomic mass is 79.9. The predicted octanol–water partition coefficient (Wildman–Crippen LogP) is 3.95. The molecule has 5 nitrogen and oxygen atoms in total. The molecule has 0 bridgehead atoms. The van der Waals surface area contributed by atoms with Crippen LogP contribution in [0.15, 0.2) is 45.6 Å². The first kappa shape index (κ1) is 16.5. The number of thiophene rings is 1. The number of alkyl carbamates (subject to hydrolysis) is 1. The predicted molar refractivity (Wildman–Crippen MR) is 86.8 cm³/mol. The largest absolute Gasteiger partial charge is 0.481 e. The van der Waals surface area contributed by atoms with E-state index in [1.54, 1.807) is 5.38 Å². The molecule has 0 fully saturated rings. The zero-order valence-corrected chi connectivity index (χ0v) is 13.9. The summed E-state index contributed by atoms with van der Waals surface area (Å²) in [5.74, 6) is -0.994. The van der Waals surface area contributed by atoms with Crippen LogP contribution in [0.3, 0.4) is 0 Å². The van der Waals surface area contributed by atoms with Crippen molar-refractivity contribution in [2.45, 2.75) is 19.1 Å². The van der Waals surface area contributed by atoms with E-state index >= 15 is 0 Å². The zero-order valence-electron chi connectivity index (χ0n) is 11.5. The lowest BCUT2D eigenvalue weighted by molar-refractivity contribution is -0.137. The van der Waals surface area contributed by atoms with Gasteiger partial charge in [0.2, 0.25) is 0 Å². The number of halogens is 1. The average molecular weight is 384 g/mol. The van der Waals surface area contributed by atoms with E-state index in [1.165, 1.54) is 11.3 Å². The molecule has 0 aliphatic carbocycles. The Hall–Kier alpha value is -1.86. The topological polar surface area (TPSA) is 75.6 Å². The maximum Gasteiger partial charge on any atom is 0.407 e. The minimum atomic E-state index is -0.994. The molecule has 2 aromatic rings. The minimum absolute atomic E-state index is 0.136. The summed E-state index contributed by atoms with van der Waals surface area (Å²) in [6, 6.07) is 8.63. The average Bonchev–Trinajstić information content (AvgIpc) is 2.91. The van der Waals surface area contributed by atoms with Crippen LogP contribution in [0.4, 0.5) is 4.79 Å². The molecule has 2 rings (SSSR count). The van der Waals surface area contributed by atoms with Crippen LogP contribution in [0.25, 0.3) is 0 Å². The number of carboxylic acids is 1. The lowest BCUT2D eigenvalue weighted by Crippen LogP contribution is -2.30. The van der Waals surface area contributed by atoms with Gasteiger partial charge in [0.1, 0.15) is 6.61 Å². The van der Waals surface area contributed by atoms with Gasteiger partial charge in [-0.15, -0.1) is 0 Å². The number of benzene rings is 1. The number of nitrogens with one attached hydrogen (secondary N) is 1. The van der Waals surface area contributed by atoms with Crippen LogP contribution in [0, 0.1) is 0 Å². The molecule has 116 valence electrons. The van der Waals surface area contributed by atoms with Crippen molar-refractivity contribution >= 4 is 39.3 Å². The highest BCUT2D eigenvalue weighted by molar-refractivity contribution is 9.10. The number of amides is 1. The Morgan fingerprint density at radius 2 is 2.00 bits per heavy atom. The second kappa shape index (κ2) is 7.95. The maximum atomic E-state index is 11.9. The highest BCUT2D eigenvalue weighted by Gasteiger charge is 2.21. The van der Waals surface area contributed by atoms with Gasteiger partial charge in [-0.2, -0.15) is 11.3 Å². The molecular formula is C15H14BrNO4S. The van der Waals surface area contributed by atoms with Crippen molar-refractivity contribution in [3.63, 3.8) is 0 Å². The van der Waals surface area contributed by atoms with Gasteiger partial charge in [0.25, 0.3) is 0 Å². The second-order valence-electron chi connectivity index (χ2n) is 4.53. The first-order chi connectivity index (χ1) is 10.6. The van der Waals surface area contributed by atoms with Crippen LogP contribution in [-0.2, 0) is 16.1 Å². The Morgan fingerprint density at radius 3 is 2.59 bits per heavy atom. The molecule has 0 saturated heterocycles. The summed E-state index contributed by atoms with van der Waals surface area (Å²) in [4.78, 5) is 22.8. The van der Waals surface area contributed by atoms with E-state index in [0.717, 1.165) is 15.6 Å². The number of hydrogen-bond donors (Lipinski definition) is 2. The maximum absolute atomic E-state index is 11.9. The molecule has 0 saturated carbocycles. The van der Waals surface area contributed by atoms with E-state index in [0.29, 0.717) is 0 Å². The van der Waals surface area contributed by atoms with Crippen molar-refractivity contribution in [2.24, 2.45) is 0 Å². The third-order valence-corrected chi connectivity index (χ3v) is 4.65. The number of carbonyl (C=O) groups excluding carboxylic acids is 1. The van der Waals surface area contributed by atoms with Gasteiger partial charge >= 0.3 is 12.1 Å². The molecule has 2 N–H and O–H groups in total. The van der Waals surface area contributed by atoms with Crippen molar-refractivity contribution in [3.8, 4) is 0 Å². The third kappa shape index (κ3) is 4.85. The molecule has 0 aliphatic heterocycles. The van der Waals surface area contributed by atoms with E-state index in [2.05, 4.69) is 21.2 Å². The van der Waals surface area contributed by atoms with Crippen molar-refractivity contribution in [1.82, 2.24) is 5.32 Å². The lowest BCUT2D eigenvalue weighted by Gasteiger charge is -2.16. The molecule has 0 aliphatic rings. The molecule has 0 unspecified atom stereocenters. The van der Waals surface area contributed by atoms with Crippen LogP contribution < -0.4 is 5.32 Å². The third-order valence-electron chi connectivity index (χ3n) is 2.90. The highest BCUT2D eigenvalue weighted by Crippen LogP contribution is 2.29. The Bertz CT molecular complexity index is 644. The minimum Gasteiger partial charge on any atom is -0.481 e. The summed E-state index contributed by atoms with van der Waals surface area (Å²) >= 11 is 4.77. The van der Waals surface area contributed by atoms with E-state index in [4.69, 9.17) is 9.84 Å². The van der Waals surface area contributed by atoms with Crippen LogP contribution in [0.5, 0.6) is 0 Å². The molecule has 1 heterocycles. The van der Waals surface area contributed by atoms with Gasteiger partial charge in [-0.1, -0.05) is 30.3 Å². The van der Waals surface area contributed by atoms with E-state index < -0.39 is 18.1 Å². The van der Waals surface area contributed by atoms with E-state index in [9.17, 15) is 9.59 Å². The standard InChI is InChI=1S/C15H14BrNO4S/c16-12-9-22-8-11(12)13(6-14(18)19)17-15(20)21-7-10-4-2-1-3-5-10/h1-5,8-9,13H,6-7H2,(H,17,20)(H,18,19)/t13-/m0/s1. The van der Waals surface area contributed by atoms with Gasteiger partial charge in [0, 0.05) is 9.85 Å². The van der Waals surface area contributed by atoms with Gasteiger partial charge in [-0.25, -0.2) is 4.79 Å². The molecule has 1 amide bonds. The molecule has 22 heavy (non-hydrogen) atoms. The summed E-state index contributed by atoms with van der Waals surface area (Å²) in [5, 5.41) is 15.2. The number of ether oxygens (including phenoxy) is 1. The van der Waals surface area contributed by atoms with Gasteiger partial charge in [-0.3, -0.25) is 4.79 Å². The zero-order chi connectivity index (χ0) is 15.9. The van der Waals surface area contributed by atoms with Crippen molar-refractivity contribution in [3.05, 3.63) is 56.7 Å². The molecule has 1 aromatic heterocycles. The Labute approximate surface area is 140 Å². The quantitative estimate of drug-likeness (QED) is 0.791. The summed E-state index contributed by atoms with van der Waals surface area (Å²) in [7, 11) is 0. The first-order valence-electron chi connectivity index (χ1n) is 6.47. The van der Waals surface area contributed by atoms with E-state index in [-0.39, 0.29) is 13.0 Å².